The second-order valence-corrected chi connectivity index (χ2v) is 8.12. The van der Waals surface area contributed by atoms with Crippen LogP contribution in [0.15, 0.2) is 24.3 Å². The van der Waals surface area contributed by atoms with Crippen LogP contribution in [0, 0.1) is 0 Å². The number of nitrogens with one attached hydrogen (secondary N) is 1. The third kappa shape index (κ3) is 5.65. The van der Waals surface area contributed by atoms with Crippen molar-refractivity contribution in [2.75, 3.05) is 12.8 Å². The molecule has 1 rings (SSSR count). The number of benzene rings is 1. The molecule has 0 bridgehead atoms. The van der Waals surface area contributed by atoms with Crippen molar-refractivity contribution in [2.45, 2.75) is 32.9 Å². The predicted octanol–water partition coefficient (Wildman–Crippen LogP) is 2.02. The summed E-state index contributed by atoms with van der Waals surface area (Å²) in [7, 11) is -3.46. The van der Waals surface area contributed by atoms with E-state index in [2.05, 4.69) is 5.32 Å². The Morgan fingerprint density at radius 3 is 2.33 bits per heavy atom. The van der Waals surface area contributed by atoms with Gasteiger partial charge in [0.25, 0.3) is 0 Å². The first-order valence-corrected chi connectivity index (χ1v) is 8.72. The van der Waals surface area contributed by atoms with Gasteiger partial charge in [-0.2, -0.15) is 4.31 Å². The zero-order valence-corrected chi connectivity index (χ0v) is 14.3. The van der Waals surface area contributed by atoms with E-state index >= 15 is 0 Å². The minimum Gasteiger partial charge on any atom is -0.351 e. The van der Waals surface area contributed by atoms with Gasteiger partial charge in [-0.15, -0.1) is 0 Å². The van der Waals surface area contributed by atoms with Crippen LogP contribution >= 0.6 is 11.6 Å². The van der Waals surface area contributed by atoms with Crippen LogP contribution in [-0.4, -0.2) is 37.0 Å². The largest absolute Gasteiger partial charge is 0.351 e. The van der Waals surface area contributed by atoms with Crippen LogP contribution in [0.4, 0.5) is 0 Å². The summed E-state index contributed by atoms with van der Waals surface area (Å²) in [5, 5.41) is 3.25. The molecule has 0 aliphatic carbocycles. The smallest absolute Gasteiger partial charge is 0.235 e. The van der Waals surface area contributed by atoms with Gasteiger partial charge in [-0.25, -0.2) is 8.42 Å². The van der Waals surface area contributed by atoms with Crippen molar-refractivity contribution in [3.05, 3.63) is 34.9 Å². The molecule has 0 heterocycles. The van der Waals surface area contributed by atoms with E-state index in [0.717, 1.165) is 11.8 Å². The van der Waals surface area contributed by atoms with Gasteiger partial charge in [0, 0.05) is 17.1 Å². The maximum Gasteiger partial charge on any atom is 0.235 e. The van der Waals surface area contributed by atoms with Gasteiger partial charge >= 0.3 is 0 Å². The molecule has 1 N–H and O–H groups in total. The Kier molecular flexibility index (Phi) is 5.78. The van der Waals surface area contributed by atoms with Crippen molar-refractivity contribution in [1.82, 2.24) is 9.62 Å². The molecule has 0 unspecified atom stereocenters. The number of carbonyl (C=O) groups is 1. The maximum absolute atomic E-state index is 12.0. The van der Waals surface area contributed by atoms with Crippen LogP contribution in [0.3, 0.4) is 0 Å². The van der Waals surface area contributed by atoms with Gasteiger partial charge in [0.2, 0.25) is 15.9 Å². The predicted molar refractivity (Wildman–Crippen MR) is 84.6 cm³/mol. The maximum atomic E-state index is 12.0. The molecule has 0 saturated heterocycles. The van der Waals surface area contributed by atoms with Gasteiger partial charge in [-0.1, -0.05) is 29.8 Å². The summed E-state index contributed by atoms with van der Waals surface area (Å²) in [5.74, 6) is -0.365. The molecule has 0 aliphatic rings. The molecule has 118 valence electrons. The summed E-state index contributed by atoms with van der Waals surface area (Å²) in [6.07, 6.45) is 1.10. The Morgan fingerprint density at radius 2 is 1.86 bits per heavy atom. The summed E-state index contributed by atoms with van der Waals surface area (Å²) < 4.78 is 24.7. The molecule has 0 saturated carbocycles. The number of hydrogen-bond donors (Lipinski definition) is 1. The standard InChI is InChI=1S/C14H21ClN2O3S/c1-14(2,3)17(21(4,19)20)10-13(18)16-9-11-7-5-6-8-12(11)15/h5-8H,9-10H2,1-4H3,(H,16,18). The fourth-order valence-electron chi connectivity index (χ4n) is 1.87. The van der Waals surface area contributed by atoms with Gasteiger partial charge in [0.05, 0.1) is 12.8 Å². The van der Waals surface area contributed by atoms with E-state index in [9.17, 15) is 13.2 Å². The molecule has 7 heteroatoms. The molecular formula is C14H21ClN2O3S. The average Bonchev–Trinajstić information content (AvgIpc) is 2.32. The third-order valence-electron chi connectivity index (χ3n) is 2.87. The molecule has 0 atom stereocenters. The van der Waals surface area contributed by atoms with E-state index in [-0.39, 0.29) is 19.0 Å². The molecular weight excluding hydrogens is 312 g/mol. The summed E-state index contributed by atoms with van der Waals surface area (Å²) in [4.78, 5) is 12.0. The first kappa shape index (κ1) is 17.9. The summed E-state index contributed by atoms with van der Waals surface area (Å²) >= 11 is 6.00. The summed E-state index contributed by atoms with van der Waals surface area (Å²) in [6.45, 7) is 5.28. The number of halogens is 1. The molecule has 0 aromatic heterocycles. The van der Waals surface area contributed by atoms with E-state index in [1.165, 1.54) is 4.31 Å². The zero-order valence-electron chi connectivity index (χ0n) is 12.7. The topological polar surface area (TPSA) is 66.5 Å². The van der Waals surface area contributed by atoms with E-state index in [1.54, 1.807) is 39.0 Å². The lowest BCUT2D eigenvalue weighted by Crippen LogP contribution is -2.49. The molecule has 1 amide bonds. The van der Waals surface area contributed by atoms with Gasteiger partial charge < -0.3 is 5.32 Å². The fraction of sp³-hybridized carbons (Fsp3) is 0.500. The normalized spacial score (nSPS) is 12.5. The lowest BCUT2D eigenvalue weighted by Gasteiger charge is -2.32. The Balaban J connectivity index is 2.70. The number of amides is 1. The summed E-state index contributed by atoms with van der Waals surface area (Å²) in [5.41, 5.74) is 0.129. The van der Waals surface area contributed by atoms with Gasteiger partial charge in [0.15, 0.2) is 0 Å². The van der Waals surface area contributed by atoms with Crippen LogP contribution in [0.5, 0.6) is 0 Å². The molecule has 0 fully saturated rings. The number of rotatable bonds is 5. The van der Waals surface area contributed by atoms with E-state index in [1.807, 2.05) is 6.07 Å². The number of hydrogen-bond acceptors (Lipinski definition) is 3. The van der Waals surface area contributed by atoms with Crippen molar-refractivity contribution in [2.24, 2.45) is 0 Å². The second kappa shape index (κ2) is 6.77. The Morgan fingerprint density at radius 1 is 1.29 bits per heavy atom. The molecule has 0 radical (unpaired) electrons. The van der Waals surface area contributed by atoms with Crippen molar-refractivity contribution in [3.63, 3.8) is 0 Å². The van der Waals surface area contributed by atoms with Crippen molar-refractivity contribution in [1.29, 1.82) is 0 Å². The Hall–Kier alpha value is -1.11. The van der Waals surface area contributed by atoms with Crippen LogP contribution in [0.1, 0.15) is 26.3 Å². The second-order valence-electron chi connectivity index (χ2n) is 5.81. The molecule has 0 spiro atoms. The molecule has 21 heavy (non-hydrogen) atoms. The number of carbonyl (C=O) groups excluding carboxylic acids is 1. The Labute approximate surface area is 131 Å². The van der Waals surface area contributed by atoms with E-state index < -0.39 is 15.6 Å². The minimum absolute atomic E-state index is 0.215. The molecule has 1 aromatic carbocycles. The van der Waals surface area contributed by atoms with Crippen LogP contribution in [0.25, 0.3) is 0 Å². The van der Waals surface area contributed by atoms with Gasteiger partial charge in [-0.05, 0) is 32.4 Å². The fourth-order valence-corrected chi connectivity index (χ4v) is 3.42. The van der Waals surface area contributed by atoms with Crippen LogP contribution in [-0.2, 0) is 21.4 Å². The van der Waals surface area contributed by atoms with E-state index in [4.69, 9.17) is 11.6 Å². The monoisotopic (exact) mass is 332 g/mol. The van der Waals surface area contributed by atoms with Crippen LogP contribution < -0.4 is 5.32 Å². The number of sulfonamides is 1. The Bertz CT molecular complexity index is 609. The zero-order chi connectivity index (χ0) is 16.3. The minimum atomic E-state index is -3.46. The lowest BCUT2D eigenvalue weighted by atomic mass is 10.1. The van der Waals surface area contributed by atoms with Gasteiger partial charge in [-0.3, -0.25) is 4.79 Å². The first-order chi connectivity index (χ1) is 9.51. The average molecular weight is 333 g/mol. The highest BCUT2D eigenvalue weighted by Crippen LogP contribution is 2.17. The van der Waals surface area contributed by atoms with Crippen molar-refractivity contribution < 1.29 is 13.2 Å². The van der Waals surface area contributed by atoms with Crippen molar-refractivity contribution in [3.8, 4) is 0 Å². The molecule has 1 aromatic rings. The highest BCUT2D eigenvalue weighted by molar-refractivity contribution is 7.88. The molecule has 5 nitrogen and oxygen atoms in total. The molecule has 0 aliphatic heterocycles. The summed E-state index contributed by atoms with van der Waals surface area (Å²) in [6, 6.07) is 7.17. The lowest BCUT2D eigenvalue weighted by molar-refractivity contribution is -0.122. The highest BCUT2D eigenvalue weighted by Gasteiger charge is 2.31. The van der Waals surface area contributed by atoms with Gasteiger partial charge in [0.1, 0.15) is 0 Å². The highest BCUT2D eigenvalue weighted by atomic mass is 35.5. The number of nitrogens with zero attached hydrogens (tertiary/aromatic N) is 1. The first-order valence-electron chi connectivity index (χ1n) is 6.50. The third-order valence-corrected chi connectivity index (χ3v) is 4.72. The quantitative estimate of drug-likeness (QED) is 0.897. The van der Waals surface area contributed by atoms with E-state index in [0.29, 0.717) is 5.02 Å². The SMILES string of the molecule is CC(C)(C)N(CC(=O)NCc1ccccc1Cl)S(C)(=O)=O. The van der Waals surface area contributed by atoms with Crippen LogP contribution in [0.2, 0.25) is 5.02 Å². The van der Waals surface area contributed by atoms with Crippen molar-refractivity contribution >= 4 is 27.5 Å².